The fraction of sp³-hybridized carbons (Fsp3) is 0.393. The van der Waals surface area contributed by atoms with E-state index >= 15 is 0 Å². The number of carbonyl (C=O) groups is 2. The molecule has 0 bridgehead atoms. The first kappa shape index (κ1) is 27.8. The van der Waals surface area contributed by atoms with Gasteiger partial charge in [0.2, 0.25) is 5.65 Å². The van der Waals surface area contributed by atoms with Gasteiger partial charge < -0.3 is 24.2 Å². The summed E-state index contributed by atoms with van der Waals surface area (Å²) in [6.07, 6.45) is 1.27. The van der Waals surface area contributed by atoms with Gasteiger partial charge >= 0.3 is 6.18 Å². The van der Waals surface area contributed by atoms with Crippen LogP contribution >= 0.6 is 0 Å². The van der Waals surface area contributed by atoms with Crippen molar-refractivity contribution in [1.82, 2.24) is 19.5 Å². The zero-order valence-electron chi connectivity index (χ0n) is 22.0. The van der Waals surface area contributed by atoms with Gasteiger partial charge in [-0.1, -0.05) is 5.16 Å². The molecule has 1 aromatic carbocycles. The molecule has 1 saturated heterocycles. The van der Waals surface area contributed by atoms with Crippen molar-refractivity contribution in [3.05, 3.63) is 54.3 Å². The van der Waals surface area contributed by atoms with Gasteiger partial charge in [-0.05, 0) is 36.8 Å². The maximum atomic E-state index is 13.3. The Kier molecular flexibility index (Phi) is 7.19. The molecule has 2 atom stereocenters. The van der Waals surface area contributed by atoms with Crippen molar-refractivity contribution in [3.8, 4) is 28.6 Å². The first-order valence-corrected chi connectivity index (χ1v) is 13.3. The van der Waals surface area contributed by atoms with Crippen LogP contribution in [0.5, 0.6) is 17.4 Å². The summed E-state index contributed by atoms with van der Waals surface area (Å²) in [5.41, 5.74) is -1.21. The fourth-order valence-corrected chi connectivity index (χ4v) is 5.54. The summed E-state index contributed by atoms with van der Waals surface area (Å²) in [7, 11) is 0. The van der Waals surface area contributed by atoms with Gasteiger partial charge in [0.05, 0.1) is 35.7 Å². The quantitative estimate of drug-likeness (QED) is 0.266. The number of rotatable bonds is 9. The molecule has 2 aliphatic rings. The maximum Gasteiger partial charge on any atom is 0.437 e. The number of alkyl halides is 3. The number of nitrogens with zero attached hydrogens (tertiary/aromatic N) is 4. The molecule has 2 N–H and O–H groups in total. The molecule has 2 fully saturated rings. The molecular weight excluding hydrogens is 561 g/mol. The minimum atomic E-state index is -4.73. The number of phenols is 1. The number of aliphatic hydroxyl groups is 1. The molecule has 42 heavy (non-hydrogen) atoms. The Bertz CT molecular complexity index is 1640. The van der Waals surface area contributed by atoms with Gasteiger partial charge in [-0.15, -0.1) is 0 Å². The molecule has 1 aliphatic carbocycles. The van der Waals surface area contributed by atoms with Crippen LogP contribution in [0.25, 0.3) is 16.9 Å². The van der Waals surface area contributed by atoms with Crippen LogP contribution in [0.3, 0.4) is 0 Å². The highest BCUT2D eigenvalue weighted by Crippen LogP contribution is 2.41. The van der Waals surface area contributed by atoms with Gasteiger partial charge in [-0.3, -0.25) is 14.0 Å². The van der Waals surface area contributed by atoms with Crippen LogP contribution in [-0.4, -0.2) is 60.1 Å². The molecule has 220 valence electrons. The van der Waals surface area contributed by atoms with Crippen molar-refractivity contribution >= 4 is 17.2 Å². The van der Waals surface area contributed by atoms with Crippen LogP contribution in [0.4, 0.5) is 13.2 Å². The molecule has 14 heteroatoms. The van der Waals surface area contributed by atoms with Crippen molar-refractivity contribution in [2.24, 2.45) is 11.8 Å². The van der Waals surface area contributed by atoms with E-state index in [2.05, 4.69) is 19.6 Å². The summed E-state index contributed by atoms with van der Waals surface area (Å²) in [4.78, 5) is 33.4. The molecular formula is C28H25F3N4O7. The maximum absolute atomic E-state index is 13.3. The molecule has 6 rings (SSSR count). The van der Waals surface area contributed by atoms with E-state index in [1.165, 1.54) is 41.2 Å². The third-order valence-electron chi connectivity index (χ3n) is 7.63. The zero-order chi connectivity index (χ0) is 29.6. The van der Waals surface area contributed by atoms with E-state index in [1.807, 2.05) is 0 Å². The van der Waals surface area contributed by atoms with Crippen LogP contribution < -0.4 is 4.74 Å². The molecule has 11 nitrogen and oxygen atoms in total. The lowest BCUT2D eigenvalue weighted by Gasteiger charge is -2.35. The number of aromatic hydroxyl groups is 1. The summed E-state index contributed by atoms with van der Waals surface area (Å²) < 4.78 is 57.0. The van der Waals surface area contributed by atoms with Crippen LogP contribution in [0, 0.1) is 11.8 Å². The van der Waals surface area contributed by atoms with E-state index in [-0.39, 0.29) is 76.3 Å². The van der Waals surface area contributed by atoms with Crippen LogP contribution in [0.1, 0.15) is 48.2 Å². The fourth-order valence-electron chi connectivity index (χ4n) is 5.54. The van der Waals surface area contributed by atoms with Gasteiger partial charge in [-0.2, -0.15) is 13.2 Å². The van der Waals surface area contributed by atoms with E-state index in [4.69, 9.17) is 9.47 Å². The molecule has 0 radical (unpaired) electrons. The predicted octanol–water partition coefficient (Wildman–Crippen LogP) is 4.61. The van der Waals surface area contributed by atoms with Crippen LogP contribution in [0.2, 0.25) is 0 Å². The lowest BCUT2D eigenvalue weighted by Crippen LogP contribution is -2.31. The number of aliphatic hydroxyl groups excluding tert-OH is 1. The van der Waals surface area contributed by atoms with E-state index < -0.39 is 24.1 Å². The Morgan fingerprint density at radius 3 is 2.62 bits per heavy atom. The predicted molar refractivity (Wildman–Crippen MR) is 137 cm³/mol. The number of imidazole rings is 1. The van der Waals surface area contributed by atoms with Crippen molar-refractivity contribution in [3.63, 3.8) is 0 Å². The first-order chi connectivity index (χ1) is 20.1. The highest BCUT2D eigenvalue weighted by molar-refractivity contribution is 5.99. The Morgan fingerprint density at radius 2 is 1.90 bits per heavy atom. The Hall–Kier alpha value is -4.30. The smallest absolute Gasteiger partial charge is 0.437 e. The molecule has 0 amide bonds. The lowest BCUT2D eigenvalue weighted by molar-refractivity contribution is -0.142. The van der Waals surface area contributed by atoms with Crippen molar-refractivity contribution in [2.45, 2.75) is 50.5 Å². The van der Waals surface area contributed by atoms with Gasteiger partial charge in [0.15, 0.2) is 17.3 Å². The average molecular weight is 587 g/mol. The summed E-state index contributed by atoms with van der Waals surface area (Å²) in [5, 5.41) is 23.2. The summed E-state index contributed by atoms with van der Waals surface area (Å²) in [6.45, 7) is 0.179. The summed E-state index contributed by atoms with van der Waals surface area (Å²) in [5.74, 6) is -0.198. The number of aromatic nitrogens is 4. The highest BCUT2D eigenvalue weighted by Gasteiger charge is 2.39. The third kappa shape index (κ3) is 5.46. The second-order valence-corrected chi connectivity index (χ2v) is 10.6. The monoisotopic (exact) mass is 586 g/mol. The highest BCUT2D eigenvalue weighted by atomic mass is 19.4. The van der Waals surface area contributed by atoms with Gasteiger partial charge in [-0.25, -0.2) is 9.97 Å². The third-order valence-corrected chi connectivity index (χ3v) is 7.63. The van der Waals surface area contributed by atoms with Gasteiger partial charge in [0.1, 0.15) is 23.9 Å². The molecule has 4 aromatic rings. The van der Waals surface area contributed by atoms with Crippen LogP contribution in [-0.2, 0) is 15.7 Å². The van der Waals surface area contributed by atoms with E-state index in [1.54, 1.807) is 0 Å². The molecule has 1 saturated carbocycles. The number of hydrogen-bond acceptors (Lipinski definition) is 10. The normalized spacial score (nSPS) is 22.3. The molecule has 1 aliphatic heterocycles. The number of hydrogen-bond donors (Lipinski definition) is 2. The molecule has 0 unspecified atom stereocenters. The Morgan fingerprint density at radius 1 is 1.12 bits per heavy atom. The minimum Gasteiger partial charge on any atom is -0.507 e. The number of Topliss-reactive ketones (excluding diaryl/α,β-unsaturated/α-hetero) is 2. The number of fused-ring (bicyclic) bond motifs is 1. The number of carbonyl (C=O) groups excluding carboxylic acids is 2. The van der Waals surface area contributed by atoms with Crippen molar-refractivity contribution in [2.75, 3.05) is 6.61 Å². The van der Waals surface area contributed by atoms with E-state index in [0.717, 1.165) is 19.1 Å². The van der Waals surface area contributed by atoms with Crippen LogP contribution in [0.15, 0.2) is 47.6 Å². The Balaban J connectivity index is 1.09. The average Bonchev–Trinajstić information content (AvgIpc) is 3.66. The van der Waals surface area contributed by atoms with Crippen molar-refractivity contribution in [1.29, 1.82) is 0 Å². The minimum absolute atomic E-state index is 0.0177. The number of ether oxygens (including phenoxy) is 2. The van der Waals surface area contributed by atoms with E-state index in [9.17, 15) is 33.0 Å². The second-order valence-electron chi connectivity index (χ2n) is 10.6. The zero-order valence-corrected chi connectivity index (χ0v) is 22.0. The molecule has 4 heterocycles. The SMILES string of the molecule is O=C(C[C@H]1C[C@@H](CC(=O)[C@@H]2C[C@@H](O)CO2)C1)c1ccc(Oc2nccn3c(-c4conc4C(F)(F)F)cnc23)cc1O. The number of halogens is 3. The molecule has 3 aromatic heterocycles. The summed E-state index contributed by atoms with van der Waals surface area (Å²) in [6, 6.07) is 4.16. The van der Waals surface area contributed by atoms with E-state index in [0.29, 0.717) is 12.8 Å². The topological polar surface area (TPSA) is 149 Å². The number of benzene rings is 1. The molecule has 0 spiro atoms. The number of ketones is 2. The largest absolute Gasteiger partial charge is 0.507 e. The number of phenolic OH excluding ortho intramolecular Hbond substituents is 1. The first-order valence-electron chi connectivity index (χ1n) is 13.3. The van der Waals surface area contributed by atoms with Gasteiger partial charge in [0, 0.05) is 37.7 Å². The van der Waals surface area contributed by atoms with Gasteiger partial charge in [0.25, 0.3) is 5.88 Å². The standard InChI is InChI=1S/C28H25F3N4O7/c29-28(30,31)25-19(13-41-34-25)20-11-33-26-27(32-3-4-35(20)26)42-17-1-2-18(22(38)10-17)21(37)7-14-5-15(6-14)8-23(39)24-9-16(36)12-40-24/h1-4,10-11,13-16,24,36,38H,5-9,12H2/t14-,15+,16-,24+/m1/s1. The lowest BCUT2D eigenvalue weighted by atomic mass is 9.70. The van der Waals surface area contributed by atoms with Crippen molar-refractivity contribution < 1.29 is 47.0 Å². The summed E-state index contributed by atoms with van der Waals surface area (Å²) >= 11 is 0. The second kappa shape index (κ2) is 10.8. The Labute approximate surface area is 235 Å².